The number of piperidine rings is 1. The first-order chi connectivity index (χ1) is 15.2. The maximum Gasteiger partial charge on any atom is 0.417 e. The number of rotatable bonds is 3. The standard InChI is InChI=1S/C23H21F3N4O2/c1-14-8-9-19(28-11-14)29-21(31)15-5-4-10-30(13-15)22(32)17-12-27-18-7-3-2-6-16(18)20(17)23(24,25)26/h2-3,6-9,11-12,15H,4-5,10,13H2,1H3,(H,28,29,31). The van der Waals surface area contributed by atoms with E-state index < -0.39 is 29.1 Å². The van der Waals surface area contributed by atoms with Crippen molar-refractivity contribution in [2.45, 2.75) is 25.9 Å². The highest BCUT2D eigenvalue weighted by Crippen LogP contribution is 2.37. The molecule has 166 valence electrons. The quantitative estimate of drug-likeness (QED) is 0.651. The monoisotopic (exact) mass is 442 g/mol. The van der Waals surface area contributed by atoms with E-state index in [-0.39, 0.29) is 29.9 Å². The highest BCUT2D eigenvalue weighted by molar-refractivity contribution is 6.01. The van der Waals surface area contributed by atoms with Crippen molar-refractivity contribution < 1.29 is 22.8 Å². The van der Waals surface area contributed by atoms with Gasteiger partial charge in [-0.05, 0) is 37.5 Å². The van der Waals surface area contributed by atoms with Crippen LogP contribution < -0.4 is 5.32 Å². The fourth-order valence-electron chi connectivity index (χ4n) is 3.92. The Balaban J connectivity index is 1.57. The second-order valence-corrected chi connectivity index (χ2v) is 7.86. The van der Waals surface area contributed by atoms with Crippen molar-refractivity contribution in [1.29, 1.82) is 0 Å². The number of carbonyl (C=O) groups is 2. The van der Waals surface area contributed by atoms with E-state index in [0.717, 1.165) is 11.8 Å². The zero-order chi connectivity index (χ0) is 22.9. The molecule has 1 unspecified atom stereocenters. The van der Waals surface area contributed by atoms with E-state index in [9.17, 15) is 22.8 Å². The van der Waals surface area contributed by atoms with E-state index in [0.29, 0.717) is 18.7 Å². The molecule has 0 spiro atoms. The van der Waals surface area contributed by atoms with Crippen LogP contribution >= 0.6 is 0 Å². The number of likely N-dealkylation sites (tertiary alicyclic amines) is 1. The van der Waals surface area contributed by atoms with Crippen molar-refractivity contribution in [2.24, 2.45) is 5.92 Å². The number of nitrogens with one attached hydrogen (secondary N) is 1. The van der Waals surface area contributed by atoms with Crippen LogP contribution in [0.5, 0.6) is 0 Å². The van der Waals surface area contributed by atoms with Crippen LogP contribution in [0.4, 0.5) is 19.0 Å². The van der Waals surface area contributed by atoms with Crippen LogP contribution in [0.2, 0.25) is 0 Å². The van der Waals surface area contributed by atoms with Crippen molar-refractivity contribution in [3.63, 3.8) is 0 Å². The molecule has 1 aromatic carbocycles. The van der Waals surface area contributed by atoms with Gasteiger partial charge in [0.25, 0.3) is 5.91 Å². The topological polar surface area (TPSA) is 75.2 Å². The van der Waals surface area contributed by atoms with Gasteiger partial charge in [-0.15, -0.1) is 0 Å². The van der Waals surface area contributed by atoms with Gasteiger partial charge in [-0.1, -0.05) is 24.3 Å². The van der Waals surface area contributed by atoms with Gasteiger partial charge in [0.15, 0.2) is 0 Å². The number of amides is 2. The Morgan fingerprint density at radius 3 is 2.59 bits per heavy atom. The van der Waals surface area contributed by atoms with E-state index in [1.165, 1.54) is 23.1 Å². The molecule has 2 aromatic heterocycles. The second kappa shape index (κ2) is 8.57. The Labute approximate surface area is 182 Å². The maximum atomic E-state index is 13.9. The Bertz CT molecular complexity index is 1160. The lowest BCUT2D eigenvalue weighted by Crippen LogP contribution is -2.44. The molecule has 3 heterocycles. The summed E-state index contributed by atoms with van der Waals surface area (Å²) >= 11 is 0. The summed E-state index contributed by atoms with van der Waals surface area (Å²) in [5.74, 6) is -1.24. The molecule has 1 saturated heterocycles. The maximum absolute atomic E-state index is 13.9. The van der Waals surface area contributed by atoms with Gasteiger partial charge in [0.2, 0.25) is 5.91 Å². The molecule has 1 N–H and O–H groups in total. The molecule has 1 atom stereocenters. The van der Waals surface area contributed by atoms with Crippen LogP contribution in [0.15, 0.2) is 48.8 Å². The minimum Gasteiger partial charge on any atom is -0.338 e. The van der Waals surface area contributed by atoms with Crippen molar-refractivity contribution in [1.82, 2.24) is 14.9 Å². The fraction of sp³-hybridized carbons (Fsp3) is 0.304. The van der Waals surface area contributed by atoms with E-state index in [1.54, 1.807) is 18.3 Å². The Kier molecular flexibility index (Phi) is 5.82. The number of hydrogen-bond acceptors (Lipinski definition) is 4. The van der Waals surface area contributed by atoms with Gasteiger partial charge in [0, 0.05) is 30.9 Å². The van der Waals surface area contributed by atoms with Crippen LogP contribution in [0, 0.1) is 12.8 Å². The molecule has 9 heteroatoms. The highest BCUT2D eigenvalue weighted by Gasteiger charge is 2.39. The van der Waals surface area contributed by atoms with Gasteiger partial charge in [-0.3, -0.25) is 14.6 Å². The number of carbonyl (C=O) groups excluding carboxylic acids is 2. The van der Waals surface area contributed by atoms with Crippen LogP contribution in [-0.2, 0) is 11.0 Å². The number of aromatic nitrogens is 2. The van der Waals surface area contributed by atoms with Crippen molar-refractivity contribution in [2.75, 3.05) is 18.4 Å². The van der Waals surface area contributed by atoms with Gasteiger partial charge in [0.05, 0.1) is 22.6 Å². The first-order valence-corrected chi connectivity index (χ1v) is 10.2. The summed E-state index contributed by atoms with van der Waals surface area (Å²) in [5, 5.41) is 2.59. The van der Waals surface area contributed by atoms with Crippen molar-refractivity contribution >= 4 is 28.5 Å². The number of nitrogens with zero attached hydrogens (tertiary/aromatic N) is 3. The van der Waals surface area contributed by atoms with Crippen LogP contribution in [0.1, 0.15) is 34.3 Å². The molecular formula is C23H21F3N4O2. The molecule has 1 aliphatic heterocycles. The number of para-hydroxylation sites is 1. The summed E-state index contributed by atoms with van der Waals surface area (Å²) in [6, 6.07) is 9.34. The molecule has 32 heavy (non-hydrogen) atoms. The molecule has 1 fully saturated rings. The predicted molar refractivity (Wildman–Crippen MR) is 113 cm³/mol. The van der Waals surface area contributed by atoms with Gasteiger partial charge < -0.3 is 10.2 Å². The summed E-state index contributed by atoms with van der Waals surface area (Å²) in [4.78, 5) is 35.3. The Hall–Kier alpha value is -3.49. The molecule has 1 aliphatic rings. The molecule has 0 bridgehead atoms. The van der Waals surface area contributed by atoms with Gasteiger partial charge in [-0.2, -0.15) is 13.2 Å². The number of halogens is 3. The summed E-state index contributed by atoms with van der Waals surface area (Å²) in [5.41, 5.74) is -0.388. The third-order valence-corrected chi connectivity index (χ3v) is 5.53. The van der Waals surface area contributed by atoms with E-state index in [4.69, 9.17) is 0 Å². The Morgan fingerprint density at radius 2 is 1.88 bits per heavy atom. The summed E-state index contributed by atoms with van der Waals surface area (Å²) in [7, 11) is 0. The molecule has 4 rings (SSSR count). The third-order valence-electron chi connectivity index (χ3n) is 5.53. The van der Waals surface area contributed by atoms with Crippen LogP contribution in [-0.4, -0.2) is 39.8 Å². The van der Waals surface area contributed by atoms with E-state index in [2.05, 4.69) is 15.3 Å². The third kappa shape index (κ3) is 4.42. The van der Waals surface area contributed by atoms with Crippen molar-refractivity contribution in [3.05, 3.63) is 65.5 Å². The lowest BCUT2D eigenvalue weighted by molar-refractivity contribution is -0.136. The SMILES string of the molecule is Cc1ccc(NC(=O)C2CCCN(C(=O)c3cnc4ccccc4c3C(F)(F)F)C2)nc1. The number of fused-ring (bicyclic) bond motifs is 1. The van der Waals surface area contributed by atoms with Crippen molar-refractivity contribution in [3.8, 4) is 0 Å². The second-order valence-electron chi connectivity index (χ2n) is 7.86. The van der Waals surface area contributed by atoms with Gasteiger partial charge in [-0.25, -0.2) is 4.98 Å². The number of alkyl halides is 3. The smallest absolute Gasteiger partial charge is 0.338 e. The van der Waals surface area contributed by atoms with Gasteiger partial charge in [0.1, 0.15) is 5.82 Å². The molecule has 2 amide bonds. The molecule has 6 nitrogen and oxygen atoms in total. The Morgan fingerprint density at radius 1 is 1.09 bits per heavy atom. The normalized spacial score (nSPS) is 16.8. The molecule has 3 aromatic rings. The zero-order valence-corrected chi connectivity index (χ0v) is 17.3. The van der Waals surface area contributed by atoms with E-state index >= 15 is 0 Å². The zero-order valence-electron chi connectivity index (χ0n) is 17.3. The summed E-state index contributed by atoms with van der Waals surface area (Å²) in [6.07, 6.45) is -1.08. The lowest BCUT2D eigenvalue weighted by atomic mass is 9.95. The minimum atomic E-state index is -4.72. The highest BCUT2D eigenvalue weighted by atomic mass is 19.4. The van der Waals surface area contributed by atoms with Crippen LogP contribution in [0.25, 0.3) is 10.9 Å². The molecule has 0 aliphatic carbocycles. The molecular weight excluding hydrogens is 421 g/mol. The molecule has 0 radical (unpaired) electrons. The number of anilines is 1. The average Bonchev–Trinajstić information content (AvgIpc) is 2.78. The fourth-order valence-corrected chi connectivity index (χ4v) is 3.92. The lowest BCUT2D eigenvalue weighted by Gasteiger charge is -2.32. The molecule has 0 saturated carbocycles. The van der Waals surface area contributed by atoms with Gasteiger partial charge >= 0.3 is 6.18 Å². The van der Waals surface area contributed by atoms with Crippen LogP contribution in [0.3, 0.4) is 0 Å². The van der Waals surface area contributed by atoms with E-state index in [1.807, 2.05) is 13.0 Å². The first kappa shape index (κ1) is 21.7. The predicted octanol–water partition coefficient (Wildman–Crippen LogP) is 4.45. The number of aryl methyl sites for hydroxylation is 1. The first-order valence-electron chi connectivity index (χ1n) is 10.2. The largest absolute Gasteiger partial charge is 0.417 e. The number of benzene rings is 1. The summed E-state index contributed by atoms with van der Waals surface area (Å²) < 4.78 is 41.7. The minimum absolute atomic E-state index is 0.0284. The number of pyridine rings is 2. The average molecular weight is 442 g/mol. The summed E-state index contributed by atoms with van der Waals surface area (Å²) in [6.45, 7) is 2.18. The number of hydrogen-bond donors (Lipinski definition) is 1.